The van der Waals surface area contributed by atoms with Gasteiger partial charge in [-0.3, -0.25) is 0 Å². The minimum absolute atomic E-state index is 0.0154. The molecule has 1 unspecified atom stereocenters. The summed E-state index contributed by atoms with van der Waals surface area (Å²) in [6.07, 6.45) is 0. The Kier molecular flexibility index (Phi) is 4.70. The van der Waals surface area contributed by atoms with E-state index in [4.69, 9.17) is 11.6 Å². The molecule has 0 amide bonds. The molecule has 0 N–H and O–H groups in total. The van der Waals surface area contributed by atoms with Crippen LogP contribution in [0.5, 0.6) is 0 Å². The molecule has 0 aliphatic carbocycles. The van der Waals surface area contributed by atoms with Crippen molar-refractivity contribution < 1.29 is 4.39 Å². The Bertz CT molecular complexity index is 603. The SMILES string of the molecule is Cc1cc(F)cc(C)c1C(Br)c1ccc(Cl)c(Br)c1. The fourth-order valence-corrected chi connectivity index (χ4v) is 3.68. The summed E-state index contributed by atoms with van der Waals surface area (Å²) in [7, 11) is 0. The highest BCUT2D eigenvalue weighted by molar-refractivity contribution is 9.10. The fourth-order valence-electron chi connectivity index (χ4n) is 2.16. The Morgan fingerprint density at radius 1 is 1.11 bits per heavy atom. The average molecular weight is 407 g/mol. The van der Waals surface area contributed by atoms with Gasteiger partial charge in [-0.1, -0.05) is 33.6 Å². The first-order chi connectivity index (χ1) is 8.90. The van der Waals surface area contributed by atoms with Gasteiger partial charge in [0.25, 0.3) is 0 Å². The molecule has 100 valence electrons. The van der Waals surface area contributed by atoms with Crippen molar-refractivity contribution in [2.24, 2.45) is 0 Å². The Morgan fingerprint density at radius 2 is 1.68 bits per heavy atom. The first-order valence-corrected chi connectivity index (χ1v) is 7.84. The number of rotatable bonds is 2. The molecule has 0 radical (unpaired) electrons. The van der Waals surface area contributed by atoms with Gasteiger partial charge in [-0.15, -0.1) is 0 Å². The van der Waals surface area contributed by atoms with Gasteiger partial charge >= 0.3 is 0 Å². The number of alkyl halides is 1. The van der Waals surface area contributed by atoms with Crippen LogP contribution in [-0.4, -0.2) is 0 Å². The third kappa shape index (κ3) is 3.21. The molecule has 1 atom stereocenters. The molecule has 0 bridgehead atoms. The zero-order chi connectivity index (χ0) is 14.2. The molecule has 0 aromatic heterocycles. The molecule has 0 aliphatic rings. The quantitative estimate of drug-likeness (QED) is 0.510. The molecule has 0 heterocycles. The van der Waals surface area contributed by atoms with E-state index in [1.165, 1.54) is 0 Å². The van der Waals surface area contributed by atoms with Crippen LogP contribution in [0.3, 0.4) is 0 Å². The highest BCUT2D eigenvalue weighted by atomic mass is 79.9. The highest BCUT2D eigenvalue weighted by Crippen LogP contribution is 2.37. The van der Waals surface area contributed by atoms with Gasteiger partial charge < -0.3 is 0 Å². The Morgan fingerprint density at radius 3 is 2.21 bits per heavy atom. The predicted octanol–water partition coefficient (Wildman–Crippen LogP) is 6.34. The average Bonchev–Trinajstić information content (AvgIpc) is 2.31. The summed E-state index contributed by atoms with van der Waals surface area (Å²) < 4.78 is 14.2. The minimum Gasteiger partial charge on any atom is -0.207 e. The Labute approximate surface area is 134 Å². The number of hydrogen-bond donors (Lipinski definition) is 0. The summed E-state index contributed by atoms with van der Waals surface area (Å²) in [5.41, 5.74) is 4.04. The van der Waals surface area contributed by atoms with Gasteiger partial charge in [0.05, 0.1) is 9.85 Å². The molecule has 0 saturated heterocycles. The summed E-state index contributed by atoms with van der Waals surface area (Å²) in [5.74, 6) is -0.198. The van der Waals surface area contributed by atoms with Crippen LogP contribution in [-0.2, 0) is 0 Å². The van der Waals surface area contributed by atoms with Gasteiger partial charge in [0.1, 0.15) is 5.82 Å². The van der Waals surface area contributed by atoms with Crippen LogP contribution < -0.4 is 0 Å². The van der Waals surface area contributed by atoms with Crippen LogP contribution in [0.2, 0.25) is 5.02 Å². The third-order valence-corrected chi connectivity index (χ3v) is 5.25. The van der Waals surface area contributed by atoms with Crippen molar-refractivity contribution in [3.05, 3.63) is 67.9 Å². The molecule has 0 fully saturated rings. The second kappa shape index (κ2) is 5.94. The van der Waals surface area contributed by atoms with Crippen LogP contribution in [0.4, 0.5) is 4.39 Å². The van der Waals surface area contributed by atoms with Gasteiger partial charge in [-0.05, 0) is 76.3 Å². The molecule has 0 aliphatic heterocycles. The van der Waals surface area contributed by atoms with Crippen LogP contribution in [0.25, 0.3) is 0 Å². The van der Waals surface area contributed by atoms with E-state index in [0.717, 1.165) is 26.7 Å². The summed E-state index contributed by atoms with van der Waals surface area (Å²) in [5, 5.41) is 0.677. The van der Waals surface area contributed by atoms with Crippen molar-refractivity contribution in [1.82, 2.24) is 0 Å². The van der Waals surface area contributed by atoms with Crippen LogP contribution in [0.1, 0.15) is 27.1 Å². The maximum atomic E-state index is 13.4. The zero-order valence-electron chi connectivity index (χ0n) is 10.5. The first-order valence-electron chi connectivity index (χ1n) is 5.76. The topological polar surface area (TPSA) is 0 Å². The number of halogens is 4. The lowest BCUT2D eigenvalue weighted by Crippen LogP contribution is -2.00. The first kappa shape index (κ1) is 15.0. The van der Waals surface area contributed by atoms with Gasteiger partial charge in [0, 0.05) is 4.47 Å². The van der Waals surface area contributed by atoms with Crippen molar-refractivity contribution in [1.29, 1.82) is 0 Å². The van der Waals surface area contributed by atoms with Gasteiger partial charge in [-0.2, -0.15) is 0 Å². The second-order valence-corrected chi connectivity index (χ2v) is 6.67. The molecule has 0 nitrogen and oxygen atoms in total. The molecule has 4 heteroatoms. The van der Waals surface area contributed by atoms with Crippen molar-refractivity contribution in [2.45, 2.75) is 18.7 Å². The van der Waals surface area contributed by atoms with E-state index in [1.807, 2.05) is 32.0 Å². The van der Waals surface area contributed by atoms with Crippen molar-refractivity contribution >= 4 is 43.5 Å². The van der Waals surface area contributed by atoms with E-state index in [0.29, 0.717) is 5.02 Å². The summed E-state index contributed by atoms with van der Waals surface area (Å²) in [6.45, 7) is 3.84. The maximum absolute atomic E-state index is 13.4. The fraction of sp³-hybridized carbons (Fsp3) is 0.200. The summed E-state index contributed by atoms with van der Waals surface area (Å²) in [4.78, 5) is 0.0154. The summed E-state index contributed by atoms with van der Waals surface area (Å²) in [6, 6.07) is 8.91. The largest absolute Gasteiger partial charge is 0.207 e. The highest BCUT2D eigenvalue weighted by Gasteiger charge is 2.17. The van der Waals surface area contributed by atoms with E-state index >= 15 is 0 Å². The van der Waals surface area contributed by atoms with E-state index in [-0.39, 0.29) is 10.6 Å². The minimum atomic E-state index is -0.198. The number of aryl methyl sites for hydroxylation is 2. The van der Waals surface area contributed by atoms with Gasteiger partial charge in [-0.25, -0.2) is 4.39 Å². The van der Waals surface area contributed by atoms with Gasteiger partial charge in [0.15, 0.2) is 0 Å². The normalized spacial score (nSPS) is 12.5. The lowest BCUT2D eigenvalue weighted by atomic mass is 9.96. The molecule has 2 aromatic rings. The van der Waals surface area contributed by atoms with E-state index < -0.39 is 0 Å². The lowest BCUT2D eigenvalue weighted by Gasteiger charge is -2.17. The lowest BCUT2D eigenvalue weighted by molar-refractivity contribution is 0.624. The van der Waals surface area contributed by atoms with E-state index in [9.17, 15) is 4.39 Å². The molecule has 2 aromatic carbocycles. The van der Waals surface area contributed by atoms with Crippen LogP contribution in [0, 0.1) is 19.7 Å². The monoisotopic (exact) mass is 404 g/mol. The standard InChI is InChI=1S/C15H12Br2ClF/c1-8-5-11(19)6-9(2)14(8)15(17)10-3-4-13(18)12(16)7-10/h3-7,15H,1-2H3. The van der Waals surface area contributed by atoms with Gasteiger partial charge in [0.2, 0.25) is 0 Å². The number of hydrogen-bond acceptors (Lipinski definition) is 0. The molecule has 19 heavy (non-hydrogen) atoms. The molecular weight excluding hydrogens is 394 g/mol. The zero-order valence-corrected chi connectivity index (χ0v) is 14.4. The third-order valence-electron chi connectivity index (χ3n) is 3.05. The Balaban J connectivity index is 2.49. The smallest absolute Gasteiger partial charge is 0.123 e. The van der Waals surface area contributed by atoms with E-state index in [2.05, 4.69) is 31.9 Å². The van der Waals surface area contributed by atoms with Crippen LogP contribution >= 0.6 is 43.5 Å². The van der Waals surface area contributed by atoms with E-state index in [1.54, 1.807) is 12.1 Å². The second-order valence-electron chi connectivity index (χ2n) is 4.49. The van der Waals surface area contributed by atoms with Crippen molar-refractivity contribution in [2.75, 3.05) is 0 Å². The maximum Gasteiger partial charge on any atom is 0.123 e. The van der Waals surface area contributed by atoms with Crippen LogP contribution in [0.15, 0.2) is 34.8 Å². The predicted molar refractivity (Wildman–Crippen MR) is 85.8 cm³/mol. The van der Waals surface area contributed by atoms with Crippen molar-refractivity contribution in [3.8, 4) is 0 Å². The van der Waals surface area contributed by atoms with Crippen molar-refractivity contribution in [3.63, 3.8) is 0 Å². The Hall–Kier alpha value is -0.380. The molecule has 2 rings (SSSR count). The molecule has 0 saturated carbocycles. The molecular formula is C15H12Br2ClF. The summed E-state index contributed by atoms with van der Waals surface area (Å²) >= 11 is 13.1. The molecule has 0 spiro atoms. The number of benzene rings is 2.